The van der Waals surface area contributed by atoms with E-state index in [0.29, 0.717) is 10.8 Å². The average Bonchev–Trinajstić information content (AvgIpc) is 2.64. The number of nitrogens with zero attached hydrogens (tertiary/aromatic N) is 4. The standard InChI is InChI=1S/C17H20ClN5O/c1-13(17(24)21-15-6-5-14(18)12-20-15)22-8-10-23(11-9-22)16-4-2-3-7-19-16/h2-7,12-13H,8-11H2,1H3,(H,20,21,24)/t13-/m1/s1. The van der Waals surface area contributed by atoms with E-state index in [4.69, 9.17) is 11.6 Å². The van der Waals surface area contributed by atoms with E-state index >= 15 is 0 Å². The van der Waals surface area contributed by atoms with Crippen molar-refractivity contribution in [2.45, 2.75) is 13.0 Å². The number of rotatable bonds is 4. The number of pyridine rings is 2. The lowest BCUT2D eigenvalue weighted by atomic mass is 10.2. The van der Waals surface area contributed by atoms with Crippen LogP contribution in [0.1, 0.15) is 6.92 Å². The minimum Gasteiger partial charge on any atom is -0.354 e. The van der Waals surface area contributed by atoms with Crippen molar-refractivity contribution in [1.29, 1.82) is 0 Å². The molecular weight excluding hydrogens is 326 g/mol. The number of hydrogen-bond donors (Lipinski definition) is 1. The van der Waals surface area contributed by atoms with Crippen molar-refractivity contribution in [1.82, 2.24) is 14.9 Å². The van der Waals surface area contributed by atoms with E-state index in [-0.39, 0.29) is 11.9 Å². The lowest BCUT2D eigenvalue weighted by Gasteiger charge is -2.37. The Labute approximate surface area is 146 Å². The number of anilines is 2. The van der Waals surface area contributed by atoms with Gasteiger partial charge in [0.25, 0.3) is 0 Å². The number of hydrogen-bond acceptors (Lipinski definition) is 5. The fraction of sp³-hybridized carbons (Fsp3) is 0.353. The highest BCUT2D eigenvalue weighted by molar-refractivity contribution is 6.30. The van der Waals surface area contributed by atoms with Crippen molar-refractivity contribution in [2.24, 2.45) is 0 Å². The molecule has 1 aliphatic rings. The minimum atomic E-state index is -0.214. The largest absolute Gasteiger partial charge is 0.354 e. The Kier molecular flexibility index (Phi) is 5.27. The first kappa shape index (κ1) is 16.7. The zero-order valence-electron chi connectivity index (χ0n) is 13.5. The van der Waals surface area contributed by atoms with Crippen molar-refractivity contribution in [3.05, 3.63) is 47.7 Å². The van der Waals surface area contributed by atoms with E-state index in [1.54, 1.807) is 18.3 Å². The fourth-order valence-corrected chi connectivity index (χ4v) is 2.84. The van der Waals surface area contributed by atoms with Crippen LogP contribution in [0, 0.1) is 0 Å². The summed E-state index contributed by atoms with van der Waals surface area (Å²) in [6, 6.07) is 9.11. The molecule has 3 heterocycles. The molecule has 1 aliphatic heterocycles. The SMILES string of the molecule is C[C@H](C(=O)Nc1ccc(Cl)cn1)N1CCN(c2ccccn2)CC1. The Hall–Kier alpha value is -2.18. The molecule has 0 bridgehead atoms. The maximum Gasteiger partial charge on any atom is 0.242 e. The number of carbonyl (C=O) groups is 1. The predicted octanol–water partition coefficient (Wildman–Crippen LogP) is 2.28. The molecule has 0 aromatic carbocycles. The van der Waals surface area contributed by atoms with Crippen molar-refractivity contribution in [2.75, 3.05) is 36.4 Å². The van der Waals surface area contributed by atoms with Crippen LogP contribution < -0.4 is 10.2 Å². The van der Waals surface area contributed by atoms with E-state index < -0.39 is 0 Å². The summed E-state index contributed by atoms with van der Waals surface area (Å²) in [6.45, 7) is 5.27. The van der Waals surface area contributed by atoms with Gasteiger partial charge in [0.05, 0.1) is 11.1 Å². The van der Waals surface area contributed by atoms with Gasteiger partial charge < -0.3 is 10.2 Å². The minimum absolute atomic E-state index is 0.0592. The van der Waals surface area contributed by atoms with E-state index in [1.165, 1.54) is 6.20 Å². The quantitative estimate of drug-likeness (QED) is 0.921. The normalized spacial score (nSPS) is 16.7. The molecule has 1 amide bonds. The van der Waals surface area contributed by atoms with Gasteiger partial charge in [-0.2, -0.15) is 0 Å². The van der Waals surface area contributed by atoms with Gasteiger partial charge in [0.15, 0.2) is 0 Å². The van der Waals surface area contributed by atoms with Crippen LogP contribution in [0.3, 0.4) is 0 Å². The summed E-state index contributed by atoms with van der Waals surface area (Å²) in [7, 11) is 0. The molecule has 1 fully saturated rings. The molecule has 1 atom stereocenters. The molecule has 6 nitrogen and oxygen atoms in total. The van der Waals surface area contributed by atoms with E-state index in [9.17, 15) is 4.79 Å². The first-order chi connectivity index (χ1) is 11.6. The number of amides is 1. The first-order valence-corrected chi connectivity index (χ1v) is 8.34. The lowest BCUT2D eigenvalue weighted by Crippen LogP contribution is -2.53. The molecule has 0 radical (unpaired) electrons. The summed E-state index contributed by atoms with van der Waals surface area (Å²) in [5.41, 5.74) is 0. The van der Waals surface area contributed by atoms with E-state index in [0.717, 1.165) is 32.0 Å². The number of halogens is 1. The van der Waals surface area contributed by atoms with Crippen LogP contribution in [0.15, 0.2) is 42.7 Å². The van der Waals surface area contributed by atoms with Gasteiger partial charge in [-0.1, -0.05) is 17.7 Å². The predicted molar refractivity (Wildman–Crippen MR) is 95.4 cm³/mol. The molecule has 2 aromatic rings. The molecule has 0 saturated carbocycles. The lowest BCUT2D eigenvalue weighted by molar-refractivity contribution is -0.120. The third kappa shape index (κ3) is 4.01. The van der Waals surface area contributed by atoms with Gasteiger partial charge in [-0.05, 0) is 31.2 Å². The molecule has 0 aliphatic carbocycles. The van der Waals surface area contributed by atoms with Gasteiger partial charge >= 0.3 is 0 Å². The van der Waals surface area contributed by atoms with Crippen LogP contribution in [0.5, 0.6) is 0 Å². The number of carbonyl (C=O) groups excluding carboxylic acids is 1. The Morgan fingerprint density at radius 3 is 2.58 bits per heavy atom. The second kappa shape index (κ2) is 7.59. The van der Waals surface area contributed by atoms with Gasteiger partial charge in [-0.15, -0.1) is 0 Å². The Morgan fingerprint density at radius 1 is 1.17 bits per heavy atom. The molecule has 2 aromatic heterocycles. The molecule has 7 heteroatoms. The van der Waals surface area contributed by atoms with Gasteiger partial charge in [0.2, 0.25) is 5.91 Å². The summed E-state index contributed by atoms with van der Waals surface area (Å²) in [4.78, 5) is 25.3. The summed E-state index contributed by atoms with van der Waals surface area (Å²) in [6.07, 6.45) is 3.32. The van der Waals surface area contributed by atoms with E-state index in [1.807, 2.05) is 25.1 Å². The Balaban J connectivity index is 1.53. The zero-order chi connectivity index (χ0) is 16.9. The third-order valence-corrected chi connectivity index (χ3v) is 4.42. The average molecular weight is 346 g/mol. The van der Waals surface area contributed by atoms with Crippen LogP contribution >= 0.6 is 11.6 Å². The number of nitrogens with one attached hydrogen (secondary N) is 1. The van der Waals surface area contributed by atoms with Gasteiger partial charge in [0.1, 0.15) is 11.6 Å². The van der Waals surface area contributed by atoms with Crippen molar-refractivity contribution in [3.63, 3.8) is 0 Å². The summed E-state index contributed by atoms with van der Waals surface area (Å²) in [5, 5.41) is 3.38. The third-order valence-electron chi connectivity index (χ3n) is 4.19. The molecule has 1 N–H and O–H groups in total. The van der Waals surface area contributed by atoms with Gasteiger partial charge in [0, 0.05) is 38.6 Å². The second-order valence-electron chi connectivity index (χ2n) is 5.74. The summed E-state index contributed by atoms with van der Waals surface area (Å²) < 4.78 is 0. The molecule has 126 valence electrons. The topological polar surface area (TPSA) is 61.4 Å². The van der Waals surface area contributed by atoms with E-state index in [2.05, 4.69) is 25.1 Å². The zero-order valence-corrected chi connectivity index (χ0v) is 14.3. The molecule has 1 saturated heterocycles. The Morgan fingerprint density at radius 2 is 1.96 bits per heavy atom. The monoisotopic (exact) mass is 345 g/mol. The van der Waals surface area contributed by atoms with Crippen LogP contribution in [-0.4, -0.2) is 53.0 Å². The smallest absolute Gasteiger partial charge is 0.242 e. The number of aromatic nitrogens is 2. The van der Waals surface area contributed by atoms with Crippen molar-refractivity contribution >= 4 is 29.1 Å². The Bertz CT molecular complexity index is 671. The van der Waals surface area contributed by atoms with Crippen LogP contribution in [-0.2, 0) is 4.79 Å². The molecular formula is C17H20ClN5O. The highest BCUT2D eigenvalue weighted by atomic mass is 35.5. The molecule has 24 heavy (non-hydrogen) atoms. The van der Waals surface area contributed by atoms with Crippen molar-refractivity contribution < 1.29 is 4.79 Å². The van der Waals surface area contributed by atoms with Crippen molar-refractivity contribution in [3.8, 4) is 0 Å². The second-order valence-corrected chi connectivity index (χ2v) is 6.17. The first-order valence-electron chi connectivity index (χ1n) is 7.96. The maximum atomic E-state index is 12.4. The molecule has 3 rings (SSSR count). The van der Waals surface area contributed by atoms with Gasteiger partial charge in [-0.3, -0.25) is 9.69 Å². The van der Waals surface area contributed by atoms with Crippen LogP contribution in [0.25, 0.3) is 0 Å². The molecule has 0 spiro atoms. The van der Waals surface area contributed by atoms with Gasteiger partial charge in [-0.25, -0.2) is 9.97 Å². The van der Waals surface area contributed by atoms with Crippen LogP contribution in [0.4, 0.5) is 11.6 Å². The maximum absolute atomic E-state index is 12.4. The van der Waals surface area contributed by atoms with Crippen LogP contribution in [0.2, 0.25) is 5.02 Å². The summed E-state index contributed by atoms with van der Waals surface area (Å²) in [5.74, 6) is 1.44. The molecule has 0 unspecified atom stereocenters. The fourth-order valence-electron chi connectivity index (χ4n) is 2.73. The summed E-state index contributed by atoms with van der Waals surface area (Å²) >= 11 is 5.80. The number of piperazine rings is 1. The highest BCUT2D eigenvalue weighted by Gasteiger charge is 2.26. The highest BCUT2D eigenvalue weighted by Crippen LogP contribution is 2.15.